The summed E-state index contributed by atoms with van der Waals surface area (Å²) < 4.78 is 50.9. The summed E-state index contributed by atoms with van der Waals surface area (Å²) in [6.07, 6.45) is -2.68. The molecule has 6 aromatic rings. The van der Waals surface area contributed by atoms with Crippen LogP contribution in [0.25, 0.3) is 10.9 Å². The number of hydrogen-bond acceptors (Lipinski definition) is 22. The number of carbonyl (C=O) groups excluding carboxylic acids is 16. The smallest absolute Gasteiger partial charge is 0.305 e. The number of aliphatic carboxylic acids is 1. The monoisotopic (exact) mass is 1880 g/mol. The van der Waals surface area contributed by atoms with E-state index in [1.54, 1.807) is 67.7 Å². The molecule has 13 atom stereocenters. The number of carbonyl (C=O) groups is 17. The van der Waals surface area contributed by atoms with Gasteiger partial charge in [0.05, 0.1) is 31.9 Å². The van der Waals surface area contributed by atoms with E-state index in [9.17, 15) is 58.1 Å². The van der Waals surface area contributed by atoms with Gasteiger partial charge in [0.25, 0.3) is 0 Å². The molecule has 16 amide bonds. The molecule has 722 valence electrons. The molecule has 39 nitrogen and oxygen atoms in total. The van der Waals surface area contributed by atoms with Crippen LogP contribution in [0.4, 0.5) is 13.2 Å². The van der Waals surface area contributed by atoms with Crippen LogP contribution in [0.1, 0.15) is 106 Å². The molecule has 3 saturated heterocycles. The number of carboxylic acid groups (broad SMARTS) is 1. The number of nitrogens with one attached hydrogen (secondary N) is 10. The molecule has 0 spiro atoms. The zero-order chi connectivity index (χ0) is 97.9. The van der Waals surface area contributed by atoms with E-state index in [0.717, 1.165) is 31.5 Å². The zero-order valence-corrected chi connectivity index (χ0v) is 75.7. The lowest BCUT2D eigenvalue weighted by Gasteiger charge is -2.38. The second kappa shape index (κ2) is 49.1. The van der Waals surface area contributed by atoms with Crippen molar-refractivity contribution in [3.63, 3.8) is 0 Å². The SMILES string of the molecule is CCCC[C@H]1C(=O)N2CCC[C@@H]2C(=O)N[C@@H](CC(=O)O)C(=O)N[C@@H](C(C)C)C(=O)N(C)[C@@H](Cc2ccccc2)C(=O)N[C@@H](CCN)C(=O)N2CCOC[C@@H]2C(=O)N[C@@H](Cc2c[nH]c3ccccc23)C(=O)N[C@@H](Cc2ccc(O)cc2)C(=O)N[C@@H](CCC(N)=O)C(=O)N[C@H](C(=O)NCC(N)=O)CSCC(=O)N[C@@H](Cc2cc(F)c(F)c(F)c2)C(=O)N(C)[C@@H](Cc2ccc(O)cc2)C(=O)N1C. The van der Waals surface area contributed by atoms with Crippen molar-refractivity contribution in [2.75, 3.05) is 72.0 Å². The Hall–Kier alpha value is -13.7. The van der Waals surface area contributed by atoms with Gasteiger partial charge in [-0.15, -0.1) is 11.8 Å². The van der Waals surface area contributed by atoms with Crippen molar-refractivity contribution in [2.24, 2.45) is 23.1 Å². The standard InChI is InChI=1S/C91H115F3N18O21S/c1-7-8-19-69-90(131)111-33-14-20-68(111)84(125)105-65(43-76(118)119)83(124)107-78(49(2)3)91(132)109(5)70(40-50-15-10-9-11-16-50)85(126)102-62(31-32-95)88(129)112-34-35-133-46-72(112)86(127)104-64(42-54-44-98-60-18-13-12-17-57(54)60)82(123)103-63(38-51-21-25-55(113)26-22-51)81(122)101-61(29-30-73(96)115)80(121)106-67(79(120)99-45-74(97)116)47-134-48-75(117)100-66(39-53-36-58(92)77(94)59(93)37-53)87(128)110(6)71(89(130)108(69)4)41-52-23-27-56(114)28-24-52/h9-13,15-18,21-28,36-37,44,49,61-72,78,98,113-114H,7-8,14,19-20,29-35,38-43,45-48,95H2,1-6H3,(H2,96,115)(H2,97,116)(H,99,120)(H,100,117)(H,101,122)(H,102,126)(H,103,123)(H,104,127)(H,105,125)(H,106,121)(H,107,124)(H,118,119)/t61-,62-,63-,64-,65-,66-,67-,68+,69-,70-,71-,72+,78-/m0/s1. The summed E-state index contributed by atoms with van der Waals surface area (Å²) in [7, 11) is 3.63. The molecule has 0 radical (unpaired) electrons. The number of rotatable bonds is 24. The molecule has 1 aromatic heterocycles. The van der Waals surface area contributed by atoms with Gasteiger partial charge in [-0.2, -0.15) is 0 Å². The number of ether oxygens (including phenoxy) is 1. The molecule has 134 heavy (non-hydrogen) atoms. The number of aromatic amines is 1. The van der Waals surface area contributed by atoms with E-state index in [2.05, 4.69) is 52.8 Å². The Morgan fingerprint density at radius 3 is 1.71 bits per heavy atom. The summed E-state index contributed by atoms with van der Waals surface area (Å²) in [5, 5.41) is 54.6. The van der Waals surface area contributed by atoms with Gasteiger partial charge in [-0.25, -0.2) is 13.2 Å². The van der Waals surface area contributed by atoms with Gasteiger partial charge in [0, 0.05) is 95.6 Å². The number of benzene rings is 5. The van der Waals surface area contributed by atoms with Crippen LogP contribution < -0.4 is 65.1 Å². The van der Waals surface area contributed by atoms with Crippen molar-refractivity contribution >= 4 is 123 Å². The summed E-state index contributed by atoms with van der Waals surface area (Å²) in [5.74, 6) is -26.3. The van der Waals surface area contributed by atoms with E-state index in [0.29, 0.717) is 52.3 Å². The number of aromatic nitrogens is 1. The Kier molecular flexibility index (Phi) is 38.1. The van der Waals surface area contributed by atoms with Gasteiger partial charge in [0.2, 0.25) is 94.5 Å². The first-order chi connectivity index (χ1) is 63.7. The fourth-order valence-electron chi connectivity index (χ4n) is 16.0. The molecular formula is C91H115F3N18O21S. The topological polar surface area (TPSA) is 578 Å². The highest BCUT2D eigenvalue weighted by atomic mass is 32.2. The van der Waals surface area contributed by atoms with Crippen LogP contribution in [0.15, 0.2) is 121 Å². The molecule has 4 heterocycles. The number of nitrogens with zero attached hydrogens (tertiary/aromatic N) is 5. The lowest BCUT2D eigenvalue weighted by Crippen LogP contribution is -2.64. The third kappa shape index (κ3) is 28.7. The molecule has 0 unspecified atom stereocenters. The number of morpholine rings is 1. The van der Waals surface area contributed by atoms with Crippen LogP contribution in [0.2, 0.25) is 0 Å². The fraction of sp³-hybridized carbons (Fsp3) is 0.462. The van der Waals surface area contributed by atoms with Crippen LogP contribution >= 0.6 is 11.8 Å². The summed E-state index contributed by atoms with van der Waals surface area (Å²) in [6.45, 7) is 2.66. The maximum absolute atomic E-state index is 15.7. The first-order valence-corrected chi connectivity index (χ1v) is 44.9. The summed E-state index contributed by atoms with van der Waals surface area (Å²) >= 11 is 0.586. The predicted molar refractivity (Wildman–Crippen MR) is 480 cm³/mol. The molecule has 3 fully saturated rings. The van der Waals surface area contributed by atoms with Crippen LogP contribution in [-0.4, -0.2) is 296 Å². The number of para-hydroxylation sites is 1. The van der Waals surface area contributed by atoms with E-state index < -0.39 is 271 Å². The lowest BCUT2D eigenvalue weighted by molar-refractivity contribution is -0.152. The number of thioether (sulfide) groups is 1. The first kappa shape index (κ1) is 104. The van der Waals surface area contributed by atoms with Crippen molar-refractivity contribution in [1.29, 1.82) is 0 Å². The number of phenols is 2. The van der Waals surface area contributed by atoms with Gasteiger partial charge in [0.15, 0.2) is 17.5 Å². The number of H-pyrrole nitrogens is 1. The van der Waals surface area contributed by atoms with Crippen molar-refractivity contribution in [1.82, 2.24) is 77.3 Å². The number of hydrogen-bond donors (Lipinski definition) is 16. The average molecular weight is 1890 g/mol. The molecular weight excluding hydrogens is 1770 g/mol. The van der Waals surface area contributed by atoms with Gasteiger partial charge < -0.3 is 115 Å². The molecule has 3 aliphatic rings. The minimum Gasteiger partial charge on any atom is -0.508 e. The van der Waals surface area contributed by atoms with Gasteiger partial charge in [-0.05, 0) is 115 Å². The van der Waals surface area contributed by atoms with E-state index in [-0.39, 0.29) is 93.8 Å². The quantitative estimate of drug-likeness (QED) is 0.0336. The fourth-order valence-corrected chi connectivity index (χ4v) is 16.9. The summed E-state index contributed by atoms with van der Waals surface area (Å²) in [4.78, 5) is 258. The van der Waals surface area contributed by atoms with Crippen LogP contribution in [0.5, 0.6) is 11.5 Å². The molecule has 9 rings (SSSR count). The Bertz CT molecular complexity index is 5230. The maximum Gasteiger partial charge on any atom is 0.305 e. The largest absolute Gasteiger partial charge is 0.508 e. The number of amides is 16. The van der Waals surface area contributed by atoms with Crippen molar-refractivity contribution in [2.45, 2.75) is 189 Å². The number of phenolic OH excluding ortho intramolecular Hbond substituents is 2. The van der Waals surface area contributed by atoms with Crippen molar-refractivity contribution in [3.8, 4) is 11.5 Å². The lowest BCUT2D eigenvalue weighted by atomic mass is 9.98. The second-order valence-electron chi connectivity index (χ2n) is 33.5. The Morgan fingerprint density at radius 1 is 0.537 bits per heavy atom. The summed E-state index contributed by atoms with van der Waals surface area (Å²) in [5.41, 5.74) is 18.9. The van der Waals surface area contributed by atoms with Gasteiger partial charge in [-0.3, -0.25) is 81.5 Å². The number of aromatic hydroxyl groups is 2. The third-order valence-electron chi connectivity index (χ3n) is 23.4. The maximum atomic E-state index is 15.7. The van der Waals surface area contributed by atoms with Crippen LogP contribution in [0.3, 0.4) is 0 Å². The van der Waals surface area contributed by atoms with E-state index >= 15 is 51.9 Å². The Labute approximate surface area is 774 Å². The average Bonchev–Trinajstić information content (AvgIpc) is 1.35. The first-order valence-electron chi connectivity index (χ1n) is 43.8. The number of carboxylic acids is 1. The number of nitrogens with two attached hydrogens (primary N) is 3. The molecule has 19 N–H and O–H groups in total. The minimum atomic E-state index is -1.96. The highest BCUT2D eigenvalue weighted by Gasteiger charge is 2.46. The highest BCUT2D eigenvalue weighted by Crippen LogP contribution is 2.28. The Balaban J connectivity index is 1.14. The minimum absolute atomic E-state index is 0.0716. The Morgan fingerprint density at radius 2 is 1.08 bits per heavy atom. The van der Waals surface area contributed by atoms with Crippen molar-refractivity contribution < 1.29 is 115 Å². The third-order valence-corrected chi connectivity index (χ3v) is 24.4. The number of primary amides is 2. The molecule has 0 aliphatic carbocycles. The van der Waals surface area contributed by atoms with E-state index in [1.165, 1.54) is 76.5 Å². The number of fused-ring (bicyclic) bond motifs is 3. The summed E-state index contributed by atoms with van der Waals surface area (Å²) in [6, 6.07) is 4.97. The molecule has 43 heteroatoms. The second-order valence-corrected chi connectivity index (χ2v) is 34.5. The zero-order valence-electron chi connectivity index (χ0n) is 74.9. The predicted octanol–water partition coefficient (Wildman–Crippen LogP) is -0.629. The van der Waals surface area contributed by atoms with Gasteiger partial charge >= 0.3 is 5.97 Å². The van der Waals surface area contributed by atoms with E-state index in [4.69, 9.17) is 21.9 Å². The number of halogens is 3. The normalized spacial score (nSPS) is 23.5. The molecule has 0 saturated carbocycles. The molecule has 5 aromatic carbocycles. The van der Waals surface area contributed by atoms with Crippen LogP contribution in [0, 0.1) is 23.4 Å². The van der Waals surface area contributed by atoms with Crippen molar-refractivity contribution in [3.05, 3.63) is 167 Å². The highest BCUT2D eigenvalue weighted by molar-refractivity contribution is 8.00. The van der Waals surface area contributed by atoms with Gasteiger partial charge in [0.1, 0.15) is 90.0 Å². The number of likely N-dealkylation sites (N-methyl/N-ethyl adjacent to an activating group) is 3. The number of unbranched alkanes of at least 4 members (excludes halogenated alkanes) is 1. The van der Waals surface area contributed by atoms with Crippen LogP contribution in [-0.2, 0) is 118 Å². The van der Waals surface area contributed by atoms with E-state index in [1.807, 2.05) is 0 Å². The molecule has 3 aliphatic heterocycles. The molecule has 0 bridgehead atoms. The van der Waals surface area contributed by atoms with Gasteiger partial charge in [-0.1, -0.05) is 106 Å².